The number of aromatic nitrogens is 1. The van der Waals surface area contributed by atoms with Crippen molar-refractivity contribution in [1.82, 2.24) is 15.6 Å². The van der Waals surface area contributed by atoms with Crippen LogP contribution in [0.4, 0.5) is 0 Å². The molecule has 2 N–H and O–H groups in total. The molecule has 0 saturated carbocycles. The van der Waals surface area contributed by atoms with Crippen LogP contribution < -0.4 is 10.6 Å². The third kappa shape index (κ3) is 2.92. The van der Waals surface area contributed by atoms with E-state index in [9.17, 15) is 9.59 Å². The molecule has 0 bridgehead atoms. The lowest BCUT2D eigenvalue weighted by Crippen LogP contribution is -2.37. The van der Waals surface area contributed by atoms with E-state index in [1.807, 2.05) is 12.1 Å². The van der Waals surface area contributed by atoms with Crippen molar-refractivity contribution in [1.29, 1.82) is 0 Å². The van der Waals surface area contributed by atoms with Gasteiger partial charge >= 0.3 is 0 Å². The summed E-state index contributed by atoms with van der Waals surface area (Å²) in [6, 6.07) is 9.01. The lowest BCUT2D eigenvalue weighted by atomic mass is 9.95. The van der Waals surface area contributed by atoms with Gasteiger partial charge in [-0.05, 0) is 35.9 Å². The average Bonchev–Trinajstić information content (AvgIpc) is 2.51. The third-order valence-corrected chi connectivity index (χ3v) is 3.78. The summed E-state index contributed by atoms with van der Waals surface area (Å²) in [4.78, 5) is 27.9. The topological polar surface area (TPSA) is 71.1 Å². The number of amides is 2. The normalized spacial score (nSPS) is 15.4. The number of nitrogens with zero attached hydrogens (tertiary/aromatic N) is 1. The number of imide groups is 1. The van der Waals surface area contributed by atoms with E-state index in [0.717, 1.165) is 10.0 Å². The molecule has 0 atom stereocenters. The van der Waals surface area contributed by atoms with Crippen molar-refractivity contribution in [2.75, 3.05) is 0 Å². The monoisotopic (exact) mass is 357 g/mol. The van der Waals surface area contributed by atoms with Crippen molar-refractivity contribution >= 4 is 33.3 Å². The van der Waals surface area contributed by atoms with Crippen LogP contribution >= 0.6 is 15.9 Å². The van der Waals surface area contributed by atoms with Gasteiger partial charge in [-0.3, -0.25) is 19.9 Å². The Hall–Kier alpha value is -2.47. The summed E-state index contributed by atoms with van der Waals surface area (Å²) in [5.74, 6) is -0.781. The Labute approximate surface area is 135 Å². The molecule has 0 saturated heterocycles. The minimum atomic E-state index is -0.405. The van der Waals surface area contributed by atoms with Gasteiger partial charge in [0.05, 0.1) is 5.57 Å². The minimum absolute atomic E-state index is 0.376. The zero-order valence-electron chi connectivity index (χ0n) is 11.5. The number of carbonyl (C=O) groups excluding carboxylic acids is 2. The number of carbonyl (C=O) groups is 2. The summed E-state index contributed by atoms with van der Waals surface area (Å²) in [7, 11) is 0. The van der Waals surface area contributed by atoms with Gasteiger partial charge in [-0.1, -0.05) is 15.9 Å². The summed E-state index contributed by atoms with van der Waals surface area (Å²) < 4.78 is 0.814. The Balaban J connectivity index is 1.88. The van der Waals surface area contributed by atoms with E-state index in [-0.39, 0.29) is 5.91 Å². The molecular weight excluding hydrogens is 346 g/mol. The Morgan fingerprint density at radius 2 is 1.86 bits per heavy atom. The highest BCUT2D eigenvalue weighted by Crippen LogP contribution is 2.26. The maximum Gasteiger partial charge on any atom is 0.260 e. The summed E-state index contributed by atoms with van der Waals surface area (Å²) in [6.07, 6.45) is 5.05. The number of benzene rings is 1. The smallest absolute Gasteiger partial charge is 0.260 e. The minimum Gasteiger partial charge on any atom is -0.386 e. The van der Waals surface area contributed by atoms with Crippen LogP contribution in [-0.4, -0.2) is 16.8 Å². The number of halogens is 1. The molecule has 0 spiro atoms. The molecule has 0 aliphatic carbocycles. The molecule has 1 aromatic carbocycles. The van der Waals surface area contributed by atoms with Crippen molar-refractivity contribution in [3.8, 4) is 0 Å². The van der Waals surface area contributed by atoms with E-state index in [2.05, 4.69) is 31.5 Å². The van der Waals surface area contributed by atoms with Gasteiger partial charge in [-0.25, -0.2) is 0 Å². The van der Waals surface area contributed by atoms with E-state index in [1.54, 1.807) is 36.8 Å². The zero-order valence-corrected chi connectivity index (χ0v) is 13.1. The van der Waals surface area contributed by atoms with Crippen LogP contribution in [0.25, 0.3) is 5.57 Å². The summed E-state index contributed by atoms with van der Waals surface area (Å²) in [6.45, 7) is 0.566. The molecule has 0 unspecified atom stereocenters. The predicted octanol–water partition coefficient (Wildman–Crippen LogP) is 2.24. The van der Waals surface area contributed by atoms with Gasteiger partial charge in [-0.2, -0.15) is 0 Å². The molecule has 0 radical (unpaired) electrons. The molecule has 2 aromatic rings. The molecule has 22 heavy (non-hydrogen) atoms. The fourth-order valence-electron chi connectivity index (χ4n) is 2.21. The second-order valence-corrected chi connectivity index (χ2v) is 5.68. The largest absolute Gasteiger partial charge is 0.386 e. The van der Waals surface area contributed by atoms with Crippen molar-refractivity contribution in [2.45, 2.75) is 6.54 Å². The molecule has 110 valence electrons. The first-order valence-corrected chi connectivity index (χ1v) is 7.42. The van der Waals surface area contributed by atoms with E-state index in [1.165, 1.54) is 0 Å². The zero-order chi connectivity index (χ0) is 15.5. The molecular formula is C16H12BrN3O2. The quantitative estimate of drug-likeness (QED) is 0.652. The van der Waals surface area contributed by atoms with Crippen LogP contribution in [0.2, 0.25) is 0 Å². The van der Waals surface area contributed by atoms with Crippen LogP contribution in [-0.2, 0) is 11.3 Å². The molecule has 5 nitrogen and oxygen atoms in total. The molecule has 0 fully saturated rings. The van der Waals surface area contributed by atoms with Crippen LogP contribution in [0.1, 0.15) is 21.5 Å². The third-order valence-electron chi connectivity index (χ3n) is 3.29. The summed E-state index contributed by atoms with van der Waals surface area (Å²) >= 11 is 3.37. The summed E-state index contributed by atoms with van der Waals surface area (Å²) in [5, 5.41) is 5.44. The molecule has 6 heteroatoms. The first-order valence-electron chi connectivity index (χ1n) is 6.63. The van der Waals surface area contributed by atoms with Crippen molar-refractivity contribution in [3.63, 3.8) is 0 Å². The Morgan fingerprint density at radius 1 is 1.09 bits per heavy atom. The molecule has 1 aromatic heterocycles. The predicted molar refractivity (Wildman–Crippen MR) is 85.7 cm³/mol. The van der Waals surface area contributed by atoms with Crippen LogP contribution in [0.5, 0.6) is 0 Å². The van der Waals surface area contributed by atoms with E-state index in [4.69, 9.17) is 0 Å². The highest BCUT2D eigenvalue weighted by atomic mass is 79.9. The van der Waals surface area contributed by atoms with E-state index < -0.39 is 5.91 Å². The molecule has 2 heterocycles. The Kier molecular flexibility index (Phi) is 4.02. The Bertz CT molecular complexity index is 772. The maximum atomic E-state index is 12.1. The highest BCUT2D eigenvalue weighted by molar-refractivity contribution is 9.10. The SMILES string of the molecule is O=C1NC(=O)c2ccc(Br)cc2/C1=C/NCc1ccncc1. The highest BCUT2D eigenvalue weighted by Gasteiger charge is 2.27. The molecule has 1 aliphatic rings. The van der Waals surface area contributed by atoms with Gasteiger partial charge < -0.3 is 5.32 Å². The number of hydrogen-bond acceptors (Lipinski definition) is 4. The van der Waals surface area contributed by atoms with Gasteiger partial charge in [0, 0.05) is 40.7 Å². The van der Waals surface area contributed by atoms with Gasteiger partial charge in [0.25, 0.3) is 11.8 Å². The number of nitrogens with one attached hydrogen (secondary N) is 2. The van der Waals surface area contributed by atoms with Crippen LogP contribution in [0.15, 0.2) is 53.4 Å². The number of rotatable bonds is 3. The van der Waals surface area contributed by atoms with Crippen LogP contribution in [0.3, 0.4) is 0 Å². The molecule has 2 amide bonds. The lowest BCUT2D eigenvalue weighted by molar-refractivity contribution is -0.114. The second-order valence-electron chi connectivity index (χ2n) is 4.77. The molecule has 1 aliphatic heterocycles. The van der Waals surface area contributed by atoms with Crippen molar-refractivity contribution in [3.05, 3.63) is 70.1 Å². The number of fused-ring (bicyclic) bond motifs is 1. The number of hydrogen-bond donors (Lipinski definition) is 2. The van der Waals surface area contributed by atoms with Gasteiger partial charge in [0.15, 0.2) is 0 Å². The molecule has 3 rings (SSSR count). The van der Waals surface area contributed by atoms with Crippen molar-refractivity contribution < 1.29 is 9.59 Å². The fourth-order valence-corrected chi connectivity index (χ4v) is 2.57. The standard InChI is InChI=1S/C16H12BrN3O2/c17-11-1-2-12-13(7-11)14(16(22)20-15(12)21)9-19-8-10-3-5-18-6-4-10/h1-7,9,19H,8H2,(H,20,21,22)/b14-9-. The first kappa shape index (κ1) is 14.5. The fraction of sp³-hybridized carbons (Fsp3) is 0.0625. The first-order chi connectivity index (χ1) is 10.6. The van der Waals surface area contributed by atoms with Gasteiger partial charge in [0.1, 0.15) is 0 Å². The summed E-state index contributed by atoms with van der Waals surface area (Å²) in [5.41, 5.74) is 2.59. The van der Waals surface area contributed by atoms with E-state index in [0.29, 0.717) is 23.2 Å². The second kappa shape index (κ2) is 6.11. The maximum absolute atomic E-state index is 12.1. The van der Waals surface area contributed by atoms with Crippen LogP contribution in [0, 0.1) is 0 Å². The van der Waals surface area contributed by atoms with E-state index >= 15 is 0 Å². The van der Waals surface area contributed by atoms with Gasteiger partial charge in [0.2, 0.25) is 0 Å². The lowest BCUT2D eigenvalue weighted by Gasteiger charge is -2.18. The number of pyridine rings is 1. The van der Waals surface area contributed by atoms with Crippen molar-refractivity contribution in [2.24, 2.45) is 0 Å². The Morgan fingerprint density at radius 3 is 2.64 bits per heavy atom. The average molecular weight is 358 g/mol. The van der Waals surface area contributed by atoms with Gasteiger partial charge in [-0.15, -0.1) is 0 Å².